The maximum atomic E-state index is 9.84. The Labute approximate surface area is 202 Å². The minimum absolute atomic E-state index is 0. The highest BCUT2D eigenvalue weighted by Gasteiger charge is 2.18. The summed E-state index contributed by atoms with van der Waals surface area (Å²) in [6, 6.07) is 0. The predicted molar refractivity (Wildman–Crippen MR) is 127 cm³/mol. The number of unbranched alkanes of at least 4 members (excludes halogenated alkanes) is 18. The number of hydrogen-bond donors (Lipinski definition) is 1. The summed E-state index contributed by atoms with van der Waals surface area (Å²) in [6.07, 6.45) is 27.8. The highest BCUT2D eigenvalue weighted by atomic mass is 127. The number of nitrogens with zero attached hydrogens (tertiary/aromatic N) is 1. The average molecular weight is 526 g/mol. The average Bonchev–Trinajstić information content (AvgIpc) is 2.71. The van der Waals surface area contributed by atoms with Crippen LogP contribution < -0.4 is 24.0 Å². The summed E-state index contributed by atoms with van der Waals surface area (Å²) in [6.45, 7) is 7.20. The summed E-state index contributed by atoms with van der Waals surface area (Å²) in [5.74, 6) is 0. The van der Waals surface area contributed by atoms with Crippen molar-refractivity contribution < 1.29 is 33.6 Å². The van der Waals surface area contributed by atoms with Crippen molar-refractivity contribution in [3.63, 3.8) is 0 Å². The first kappa shape index (κ1) is 31.8. The number of quaternary nitrogens is 1. The molecule has 0 aromatic rings. The molecular weight excluding hydrogens is 469 g/mol. The third-order valence-corrected chi connectivity index (χ3v) is 6.44. The van der Waals surface area contributed by atoms with Gasteiger partial charge in [0.15, 0.2) is 6.73 Å². The van der Waals surface area contributed by atoms with Gasteiger partial charge in [0, 0.05) is 0 Å². The Morgan fingerprint density at radius 2 is 0.690 bits per heavy atom. The molecule has 3 heteroatoms. The second-order valence-corrected chi connectivity index (χ2v) is 9.57. The monoisotopic (exact) mass is 525 g/mol. The van der Waals surface area contributed by atoms with Crippen LogP contribution in [0.3, 0.4) is 0 Å². The lowest BCUT2D eigenvalue weighted by Crippen LogP contribution is -3.00. The van der Waals surface area contributed by atoms with Crippen LogP contribution in [0.2, 0.25) is 0 Å². The van der Waals surface area contributed by atoms with Crippen LogP contribution in [0.25, 0.3) is 0 Å². The molecule has 0 aliphatic heterocycles. The third-order valence-electron chi connectivity index (χ3n) is 6.44. The van der Waals surface area contributed by atoms with Gasteiger partial charge in [-0.05, 0) is 25.7 Å². The van der Waals surface area contributed by atoms with Crippen molar-refractivity contribution in [2.45, 2.75) is 142 Å². The van der Waals surface area contributed by atoms with E-state index in [0.29, 0.717) is 6.73 Å². The van der Waals surface area contributed by atoms with E-state index >= 15 is 0 Å². The summed E-state index contributed by atoms with van der Waals surface area (Å²) < 4.78 is 0.869. The lowest BCUT2D eigenvalue weighted by Gasteiger charge is -2.32. The van der Waals surface area contributed by atoms with Gasteiger partial charge in [0.25, 0.3) is 0 Å². The van der Waals surface area contributed by atoms with Gasteiger partial charge in [-0.15, -0.1) is 0 Å². The number of halogens is 1. The van der Waals surface area contributed by atoms with Crippen molar-refractivity contribution >= 4 is 0 Å². The van der Waals surface area contributed by atoms with Crippen LogP contribution in [0.4, 0.5) is 0 Å². The zero-order valence-corrected chi connectivity index (χ0v) is 22.7. The predicted octanol–water partition coefficient (Wildman–Crippen LogP) is 5.23. The first-order valence-corrected chi connectivity index (χ1v) is 13.1. The minimum Gasteiger partial charge on any atom is -1.00 e. The van der Waals surface area contributed by atoms with Crippen molar-refractivity contribution in [3.8, 4) is 0 Å². The molecule has 0 unspecified atom stereocenters. The Morgan fingerprint density at radius 1 is 0.448 bits per heavy atom. The van der Waals surface area contributed by atoms with E-state index in [1.807, 2.05) is 0 Å². The summed E-state index contributed by atoms with van der Waals surface area (Å²) in [7, 11) is 2.25. The van der Waals surface area contributed by atoms with E-state index in [2.05, 4.69) is 20.9 Å². The van der Waals surface area contributed by atoms with Gasteiger partial charge in [-0.1, -0.05) is 117 Å². The maximum absolute atomic E-state index is 9.84. The minimum atomic E-state index is 0. The fraction of sp³-hybridized carbons (Fsp3) is 1.00. The first-order chi connectivity index (χ1) is 13.7. The maximum Gasteiger partial charge on any atom is 0.180 e. The molecule has 0 bridgehead atoms. The Hall–Kier alpha value is 0.650. The highest BCUT2D eigenvalue weighted by Crippen LogP contribution is 2.15. The standard InChI is InChI=1S/C26H56NO.HI/c1-4-6-8-10-12-14-16-18-20-22-24-27(3,26-28)25-23-21-19-17-15-13-11-9-7-5-2;/h28H,4-26H2,1-3H3;1H/q+1;/p-1. The molecule has 0 radical (unpaired) electrons. The van der Waals surface area contributed by atoms with Gasteiger partial charge in [0.2, 0.25) is 0 Å². The molecule has 0 aromatic heterocycles. The van der Waals surface area contributed by atoms with Crippen LogP contribution in [0.1, 0.15) is 142 Å². The van der Waals surface area contributed by atoms with Crippen molar-refractivity contribution in [1.29, 1.82) is 0 Å². The number of aliphatic hydroxyl groups is 1. The van der Waals surface area contributed by atoms with Gasteiger partial charge < -0.3 is 33.6 Å². The van der Waals surface area contributed by atoms with Gasteiger partial charge in [-0.25, -0.2) is 0 Å². The Bertz CT molecular complexity index is 274. The molecule has 178 valence electrons. The number of rotatable bonds is 23. The second kappa shape index (κ2) is 24.9. The van der Waals surface area contributed by atoms with Crippen molar-refractivity contribution in [2.24, 2.45) is 0 Å². The number of aliphatic hydroxyl groups excluding tert-OH is 1. The van der Waals surface area contributed by atoms with Crippen LogP contribution in [0, 0.1) is 0 Å². The molecule has 0 spiro atoms. The van der Waals surface area contributed by atoms with E-state index in [4.69, 9.17) is 0 Å². The van der Waals surface area contributed by atoms with E-state index in [0.717, 1.165) is 17.6 Å². The highest BCUT2D eigenvalue weighted by molar-refractivity contribution is 4.50. The van der Waals surface area contributed by atoms with Gasteiger partial charge >= 0.3 is 0 Å². The van der Waals surface area contributed by atoms with Crippen LogP contribution >= 0.6 is 0 Å². The summed E-state index contributed by atoms with van der Waals surface area (Å²) in [5.41, 5.74) is 0. The van der Waals surface area contributed by atoms with Crippen molar-refractivity contribution in [2.75, 3.05) is 26.9 Å². The SMILES string of the molecule is CCCCCCCCCCCC[N+](C)(CO)CCCCCCCCCCCC.[I-]. The molecule has 0 aliphatic carbocycles. The van der Waals surface area contributed by atoms with Crippen LogP contribution in [0.5, 0.6) is 0 Å². The van der Waals surface area contributed by atoms with Gasteiger partial charge in [0.05, 0.1) is 20.1 Å². The molecule has 0 aliphatic rings. The molecule has 0 saturated heterocycles. The fourth-order valence-corrected chi connectivity index (χ4v) is 4.22. The summed E-state index contributed by atoms with van der Waals surface area (Å²) >= 11 is 0. The molecule has 2 nitrogen and oxygen atoms in total. The van der Waals surface area contributed by atoms with E-state index in [1.165, 1.54) is 128 Å². The number of hydrogen-bond acceptors (Lipinski definition) is 1. The Balaban J connectivity index is 0. The largest absolute Gasteiger partial charge is 1.00 e. The first-order valence-electron chi connectivity index (χ1n) is 13.1. The normalized spacial score (nSPS) is 11.6. The molecular formula is C26H56INO. The van der Waals surface area contributed by atoms with Gasteiger partial charge in [0.1, 0.15) is 0 Å². The molecule has 0 fully saturated rings. The lowest BCUT2D eigenvalue weighted by atomic mass is 10.1. The molecule has 29 heavy (non-hydrogen) atoms. The summed E-state index contributed by atoms with van der Waals surface area (Å²) in [4.78, 5) is 0. The van der Waals surface area contributed by atoms with E-state index in [9.17, 15) is 5.11 Å². The molecule has 0 atom stereocenters. The van der Waals surface area contributed by atoms with Crippen molar-refractivity contribution in [3.05, 3.63) is 0 Å². The topological polar surface area (TPSA) is 20.2 Å². The van der Waals surface area contributed by atoms with E-state index < -0.39 is 0 Å². The van der Waals surface area contributed by atoms with Gasteiger partial charge in [-0.3, -0.25) is 0 Å². The molecule has 0 heterocycles. The van der Waals surface area contributed by atoms with Crippen LogP contribution in [-0.2, 0) is 0 Å². The quantitative estimate of drug-likeness (QED) is 0.0839. The third kappa shape index (κ3) is 23.1. The molecule has 0 saturated carbocycles. The zero-order chi connectivity index (χ0) is 20.8. The Kier molecular flexibility index (Phi) is 27.3. The van der Waals surface area contributed by atoms with Gasteiger partial charge in [-0.2, -0.15) is 0 Å². The molecule has 0 amide bonds. The molecule has 0 aromatic carbocycles. The second-order valence-electron chi connectivity index (χ2n) is 9.57. The molecule has 1 N–H and O–H groups in total. The van der Waals surface area contributed by atoms with E-state index in [1.54, 1.807) is 0 Å². The summed E-state index contributed by atoms with van der Waals surface area (Å²) in [5, 5.41) is 9.84. The van der Waals surface area contributed by atoms with Crippen LogP contribution in [-0.4, -0.2) is 36.5 Å². The smallest absolute Gasteiger partial charge is 0.180 e. The fourth-order valence-electron chi connectivity index (χ4n) is 4.22. The van der Waals surface area contributed by atoms with Crippen LogP contribution in [0.15, 0.2) is 0 Å². The zero-order valence-electron chi connectivity index (χ0n) is 20.5. The molecule has 0 rings (SSSR count). The van der Waals surface area contributed by atoms with E-state index in [-0.39, 0.29) is 24.0 Å². The Morgan fingerprint density at radius 3 is 0.931 bits per heavy atom. The van der Waals surface area contributed by atoms with Crippen molar-refractivity contribution in [1.82, 2.24) is 0 Å². The lowest BCUT2D eigenvalue weighted by molar-refractivity contribution is -0.927.